The summed E-state index contributed by atoms with van der Waals surface area (Å²) in [5.74, 6) is 9.83. The second-order valence-electron chi connectivity index (χ2n) is 5.43. The summed E-state index contributed by atoms with van der Waals surface area (Å²) in [5.41, 5.74) is 2.27. The quantitative estimate of drug-likeness (QED) is 0.380. The van der Waals surface area contributed by atoms with Crippen molar-refractivity contribution in [3.63, 3.8) is 0 Å². The molecule has 0 aliphatic carbocycles. The molecule has 0 unspecified atom stereocenters. The first-order valence-corrected chi connectivity index (χ1v) is 13.7. The minimum absolute atomic E-state index is 0.121. The summed E-state index contributed by atoms with van der Waals surface area (Å²) in [6.45, 7) is 6.78. The maximum absolute atomic E-state index is 9.23. The molecule has 0 saturated heterocycles. The van der Waals surface area contributed by atoms with E-state index >= 15 is 0 Å². The topological polar surface area (TPSA) is 23.5 Å². The number of benzene rings is 1. The lowest BCUT2D eigenvalue weighted by molar-refractivity contribution is 0.282. The highest BCUT2D eigenvalue weighted by Gasteiger charge is 2.07. The Labute approximate surface area is 171 Å². The molecule has 2 nitrogen and oxygen atoms in total. The second-order valence-corrected chi connectivity index (χ2v) is 10.7. The fraction of sp³-hybridized carbons (Fsp3) is 0.684. The molecule has 0 fully saturated rings. The van der Waals surface area contributed by atoms with Crippen LogP contribution >= 0.6 is 47.0 Å². The molecule has 0 heterocycles. The van der Waals surface area contributed by atoms with Gasteiger partial charge in [0.1, 0.15) is 0 Å². The van der Waals surface area contributed by atoms with Gasteiger partial charge in [-0.15, -0.1) is 0 Å². The molecule has 0 aliphatic heterocycles. The first-order valence-electron chi connectivity index (χ1n) is 9.07. The number of rotatable bonds is 16. The van der Waals surface area contributed by atoms with E-state index < -0.39 is 0 Å². The zero-order chi connectivity index (χ0) is 18.2. The van der Waals surface area contributed by atoms with Crippen molar-refractivity contribution >= 4 is 52.7 Å². The summed E-state index contributed by atoms with van der Waals surface area (Å²) in [5, 5.41) is 9.23. The summed E-state index contributed by atoms with van der Waals surface area (Å²) in [7, 11) is 0. The van der Waals surface area contributed by atoms with Crippen molar-refractivity contribution < 1.29 is 5.11 Å². The Balaban J connectivity index is 2.39. The van der Waals surface area contributed by atoms with E-state index in [4.69, 9.17) is 0 Å². The number of hydrogen-bond acceptors (Lipinski definition) is 6. The first kappa shape index (κ1) is 23.4. The molecule has 144 valence electrons. The van der Waals surface area contributed by atoms with Crippen LogP contribution in [0.25, 0.3) is 0 Å². The Bertz CT molecular complexity index is 400. The lowest BCUT2D eigenvalue weighted by Gasteiger charge is -2.25. The average molecular weight is 420 g/mol. The normalized spacial score (nSPS) is 11.0. The molecule has 0 bridgehead atoms. The molecular formula is C19H33NOS4. The third-order valence-electron chi connectivity index (χ3n) is 3.65. The van der Waals surface area contributed by atoms with Crippen LogP contribution in [0.5, 0.6) is 0 Å². The van der Waals surface area contributed by atoms with Crippen LogP contribution in [0.4, 0.5) is 5.69 Å². The van der Waals surface area contributed by atoms with Gasteiger partial charge in [-0.1, -0.05) is 26.0 Å². The monoisotopic (exact) mass is 419 g/mol. The van der Waals surface area contributed by atoms with Crippen molar-refractivity contribution in [2.75, 3.05) is 64.0 Å². The van der Waals surface area contributed by atoms with Crippen LogP contribution in [0.15, 0.2) is 24.3 Å². The third kappa shape index (κ3) is 11.6. The van der Waals surface area contributed by atoms with Gasteiger partial charge >= 0.3 is 0 Å². The molecule has 0 radical (unpaired) electrons. The van der Waals surface area contributed by atoms with E-state index in [1.165, 1.54) is 51.7 Å². The summed E-state index contributed by atoms with van der Waals surface area (Å²) >= 11 is 8.18. The predicted octanol–water partition coefficient (Wildman–Crippen LogP) is 4.96. The molecule has 1 aromatic carbocycles. The van der Waals surface area contributed by atoms with Gasteiger partial charge < -0.3 is 10.0 Å². The van der Waals surface area contributed by atoms with E-state index in [0.717, 1.165) is 18.7 Å². The third-order valence-corrected chi connectivity index (χ3v) is 7.89. The van der Waals surface area contributed by atoms with Gasteiger partial charge in [0, 0.05) is 53.3 Å². The summed E-state index contributed by atoms with van der Waals surface area (Å²) in [4.78, 5) is 2.50. The molecular weight excluding hydrogens is 386 g/mol. The number of anilines is 1. The molecule has 0 amide bonds. The highest BCUT2D eigenvalue weighted by molar-refractivity contribution is 8.03. The second kappa shape index (κ2) is 16.5. The van der Waals surface area contributed by atoms with Crippen LogP contribution in [0.1, 0.15) is 19.4 Å². The zero-order valence-corrected chi connectivity index (χ0v) is 18.9. The van der Waals surface area contributed by atoms with Gasteiger partial charge in [0.2, 0.25) is 0 Å². The van der Waals surface area contributed by atoms with Crippen LogP contribution in [0, 0.1) is 0 Å². The molecule has 0 aromatic heterocycles. The SMILES string of the molecule is CCSCCSCCN(CCSCCSCC)c1ccc(CO)cc1. The Morgan fingerprint density at radius 2 is 1.20 bits per heavy atom. The van der Waals surface area contributed by atoms with Gasteiger partial charge in [0.25, 0.3) is 0 Å². The molecule has 0 spiro atoms. The van der Waals surface area contributed by atoms with Gasteiger partial charge in [0.15, 0.2) is 0 Å². The van der Waals surface area contributed by atoms with E-state index in [1.54, 1.807) is 0 Å². The number of thioether (sulfide) groups is 4. The fourth-order valence-electron chi connectivity index (χ4n) is 2.26. The van der Waals surface area contributed by atoms with Crippen molar-refractivity contribution in [3.8, 4) is 0 Å². The predicted molar refractivity (Wildman–Crippen MR) is 125 cm³/mol. The van der Waals surface area contributed by atoms with Gasteiger partial charge in [-0.25, -0.2) is 0 Å². The number of nitrogens with zero attached hydrogens (tertiary/aromatic N) is 1. The maximum Gasteiger partial charge on any atom is 0.0681 e. The molecule has 0 atom stereocenters. The van der Waals surface area contributed by atoms with Crippen LogP contribution in [-0.2, 0) is 6.61 Å². The minimum atomic E-state index is 0.121. The number of aliphatic hydroxyl groups excluding tert-OH is 1. The van der Waals surface area contributed by atoms with Crippen molar-refractivity contribution in [1.82, 2.24) is 0 Å². The molecule has 0 aliphatic rings. The largest absolute Gasteiger partial charge is 0.392 e. The van der Waals surface area contributed by atoms with Crippen molar-refractivity contribution in [2.45, 2.75) is 20.5 Å². The van der Waals surface area contributed by atoms with E-state index in [1.807, 2.05) is 35.7 Å². The van der Waals surface area contributed by atoms with E-state index in [-0.39, 0.29) is 6.61 Å². The highest BCUT2D eigenvalue weighted by Crippen LogP contribution is 2.18. The molecule has 1 N–H and O–H groups in total. The Hall–Kier alpha value is 0.380. The first-order chi connectivity index (χ1) is 12.3. The van der Waals surface area contributed by atoms with Crippen LogP contribution in [-0.4, -0.2) is 64.2 Å². The minimum Gasteiger partial charge on any atom is -0.392 e. The van der Waals surface area contributed by atoms with Crippen molar-refractivity contribution in [1.29, 1.82) is 0 Å². The van der Waals surface area contributed by atoms with Gasteiger partial charge in [0.05, 0.1) is 6.61 Å². The Morgan fingerprint density at radius 3 is 1.64 bits per heavy atom. The lowest BCUT2D eigenvalue weighted by atomic mass is 10.2. The smallest absolute Gasteiger partial charge is 0.0681 e. The van der Waals surface area contributed by atoms with E-state index in [2.05, 4.69) is 54.4 Å². The summed E-state index contributed by atoms with van der Waals surface area (Å²) < 4.78 is 0. The Kier molecular flexibility index (Phi) is 15.5. The highest BCUT2D eigenvalue weighted by atomic mass is 32.2. The van der Waals surface area contributed by atoms with Crippen LogP contribution < -0.4 is 4.90 Å². The molecule has 1 rings (SSSR count). The summed E-state index contributed by atoms with van der Waals surface area (Å²) in [6.07, 6.45) is 0. The lowest BCUT2D eigenvalue weighted by Crippen LogP contribution is -2.28. The number of hydrogen-bond donors (Lipinski definition) is 1. The standard InChI is InChI=1S/C19H33NOS4/c1-3-22-13-15-24-11-9-20(10-12-25-16-14-23-4-2)19-7-5-18(17-21)6-8-19/h5-8,21H,3-4,9-17H2,1-2H3. The fourth-order valence-corrected chi connectivity index (χ4v) is 5.83. The molecule has 1 aromatic rings. The molecule has 0 saturated carbocycles. The van der Waals surface area contributed by atoms with E-state index in [9.17, 15) is 5.11 Å². The van der Waals surface area contributed by atoms with Gasteiger partial charge in [-0.3, -0.25) is 0 Å². The van der Waals surface area contributed by atoms with Crippen molar-refractivity contribution in [2.24, 2.45) is 0 Å². The Morgan fingerprint density at radius 1 is 0.720 bits per heavy atom. The van der Waals surface area contributed by atoms with Crippen LogP contribution in [0.2, 0.25) is 0 Å². The van der Waals surface area contributed by atoms with Crippen LogP contribution in [0.3, 0.4) is 0 Å². The van der Waals surface area contributed by atoms with Gasteiger partial charge in [-0.05, 0) is 29.2 Å². The maximum atomic E-state index is 9.23. The van der Waals surface area contributed by atoms with Crippen molar-refractivity contribution in [3.05, 3.63) is 29.8 Å². The zero-order valence-electron chi connectivity index (χ0n) is 15.6. The molecule has 25 heavy (non-hydrogen) atoms. The van der Waals surface area contributed by atoms with E-state index in [0.29, 0.717) is 0 Å². The molecule has 6 heteroatoms. The van der Waals surface area contributed by atoms with Gasteiger partial charge in [-0.2, -0.15) is 47.0 Å². The number of aliphatic hydroxyl groups is 1. The average Bonchev–Trinajstić information content (AvgIpc) is 2.65. The summed E-state index contributed by atoms with van der Waals surface area (Å²) in [6, 6.07) is 8.39.